The molecule has 2 aromatic carbocycles. The van der Waals surface area contributed by atoms with Crippen LogP contribution in [0.3, 0.4) is 0 Å². The van der Waals surface area contributed by atoms with E-state index in [1.807, 2.05) is 11.8 Å². The molecule has 1 fully saturated rings. The molecule has 1 saturated heterocycles. The van der Waals surface area contributed by atoms with Gasteiger partial charge in [0, 0.05) is 9.79 Å². The summed E-state index contributed by atoms with van der Waals surface area (Å²) >= 11 is 1.90. The Bertz CT molecular complexity index is 556. The second-order valence-electron chi connectivity index (χ2n) is 5.48. The number of aryl methyl sites for hydroxylation is 1. The van der Waals surface area contributed by atoms with E-state index in [0.29, 0.717) is 5.92 Å². The van der Waals surface area contributed by atoms with Crippen LogP contribution >= 0.6 is 11.8 Å². The van der Waals surface area contributed by atoms with Crippen molar-refractivity contribution in [3.63, 3.8) is 0 Å². The van der Waals surface area contributed by atoms with Crippen molar-refractivity contribution in [3.8, 4) is 0 Å². The number of piperidine rings is 1. The lowest BCUT2D eigenvalue weighted by Gasteiger charge is -2.24. The summed E-state index contributed by atoms with van der Waals surface area (Å²) < 4.78 is 0. The van der Waals surface area contributed by atoms with Crippen molar-refractivity contribution >= 4 is 11.8 Å². The van der Waals surface area contributed by atoms with Crippen molar-refractivity contribution in [2.75, 3.05) is 13.1 Å². The van der Waals surface area contributed by atoms with Crippen LogP contribution in [0.5, 0.6) is 0 Å². The van der Waals surface area contributed by atoms with E-state index < -0.39 is 0 Å². The molecule has 2 heteroatoms. The third-order valence-corrected chi connectivity index (χ3v) is 5.05. The lowest BCUT2D eigenvalue weighted by molar-refractivity contribution is 0.456. The van der Waals surface area contributed by atoms with Gasteiger partial charge in [0.05, 0.1) is 0 Å². The molecule has 1 aliphatic heterocycles. The van der Waals surface area contributed by atoms with Crippen molar-refractivity contribution in [1.29, 1.82) is 0 Å². The number of nitrogens with one attached hydrogen (secondary N) is 1. The lowest BCUT2D eigenvalue weighted by atomic mass is 9.90. The average Bonchev–Trinajstić information content (AvgIpc) is 2.51. The Morgan fingerprint density at radius 3 is 2.40 bits per heavy atom. The molecule has 0 atom stereocenters. The first-order valence-electron chi connectivity index (χ1n) is 7.37. The zero-order valence-corrected chi connectivity index (χ0v) is 12.7. The Labute approximate surface area is 125 Å². The van der Waals surface area contributed by atoms with E-state index in [1.54, 1.807) is 0 Å². The second kappa shape index (κ2) is 6.47. The highest BCUT2D eigenvalue weighted by Gasteiger charge is 2.18. The van der Waals surface area contributed by atoms with Crippen LogP contribution in [0.4, 0.5) is 0 Å². The topological polar surface area (TPSA) is 12.0 Å². The fraction of sp³-hybridized carbons (Fsp3) is 0.333. The summed E-state index contributed by atoms with van der Waals surface area (Å²) in [6.45, 7) is 4.43. The van der Waals surface area contributed by atoms with Gasteiger partial charge >= 0.3 is 0 Å². The number of hydrogen-bond donors (Lipinski definition) is 1. The van der Waals surface area contributed by atoms with Gasteiger partial charge in [-0.15, -0.1) is 0 Å². The van der Waals surface area contributed by atoms with Gasteiger partial charge in [0.25, 0.3) is 0 Å². The summed E-state index contributed by atoms with van der Waals surface area (Å²) in [6.07, 6.45) is 2.51. The zero-order valence-electron chi connectivity index (χ0n) is 11.9. The number of hydrogen-bond acceptors (Lipinski definition) is 2. The molecule has 0 unspecified atom stereocenters. The summed E-state index contributed by atoms with van der Waals surface area (Å²) in [4.78, 5) is 2.75. The average molecular weight is 283 g/mol. The van der Waals surface area contributed by atoms with Crippen LogP contribution in [0.2, 0.25) is 0 Å². The Balaban J connectivity index is 1.83. The molecule has 3 rings (SSSR count). The lowest BCUT2D eigenvalue weighted by Crippen LogP contribution is -2.26. The predicted octanol–water partition coefficient (Wildman–Crippen LogP) is 4.61. The number of benzene rings is 2. The van der Waals surface area contributed by atoms with E-state index in [2.05, 4.69) is 60.8 Å². The molecular weight excluding hydrogens is 262 g/mol. The quantitative estimate of drug-likeness (QED) is 0.882. The van der Waals surface area contributed by atoms with E-state index in [4.69, 9.17) is 0 Å². The van der Waals surface area contributed by atoms with Gasteiger partial charge in [0.2, 0.25) is 0 Å². The van der Waals surface area contributed by atoms with E-state index in [0.717, 1.165) is 13.1 Å². The molecule has 0 radical (unpaired) electrons. The molecule has 0 saturated carbocycles. The van der Waals surface area contributed by atoms with Crippen LogP contribution in [0, 0.1) is 6.92 Å². The molecule has 0 aromatic heterocycles. The first kappa shape index (κ1) is 13.7. The Morgan fingerprint density at radius 1 is 0.950 bits per heavy atom. The molecule has 0 aliphatic carbocycles. The second-order valence-corrected chi connectivity index (χ2v) is 6.59. The summed E-state index contributed by atoms with van der Waals surface area (Å²) in [7, 11) is 0. The molecule has 1 heterocycles. The van der Waals surface area contributed by atoms with E-state index in [9.17, 15) is 0 Å². The maximum atomic E-state index is 3.45. The van der Waals surface area contributed by atoms with Crippen molar-refractivity contribution in [1.82, 2.24) is 5.32 Å². The van der Waals surface area contributed by atoms with Crippen molar-refractivity contribution in [2.24, 2.45) is 0 Å². The van der Waals surface area contributed by atoms with Gasteiger partial charge in [-0.25, -0.2) is 0 Å². The Kier molecular flexibility index (Phi) is 4.44. The Hall–Kier alpha value is -1.25. The maximum absolute atomic E-state index is 3.45. The summed E-state index contributed by atoms with van der Waals surface area (Å²) in [5.74, 6) is 0.713. The SMILES string of the molecule is Cc1ccc(Sc2ccccc2C2CCNCC2)cc1. The fourth-order valence-corrected chi connectivity index (χ4v) is 3.80. The molecule has 0 amide bonds. The van der Waals surface area contributed by atoms with Crippen molar-refractivity contribution in [3.05, 3.63) is 59.7 Å². The molecule has 20 heavy (non-hydrogen) atoms. The van der Waals surface area contributed by atoms with Crippen LogP contribution < -0.4 is 5.32 Å². The van der Waals surface area contributed by atoms with Crippen LogP contribution in [0.25, 0.3) is 0 Å². The minimum absolute atomic E-state index is 0.713. The molecule has 1 aliphatic rings. The van der Waals surface area contributed by atoms with Crippen LogP contribution in [-0.4, -0.2) is 13.1 Å². The minimum Gasteiger partial charge on any atom is -0.317 e. The molecule has 1 N–H and O–H groups in total. The van der Waals surface area contributed by atoms with E-state index in [-0.39, 0.29) is 0 Å². The largest absolute Gasteiger partial charge is 0.317 e. The van der Waals surface area contributed by atoms with Crippen LogP contribution in [-0.2, 0) is 0 Å². The first-order chi connectivity index (χ1) is 9.83. The van der Waals surface area contributed by atoms with Crippen LogP contribution in [0.1, 0.15) is 29.9 Å². The standard InChI is InChI=1S/C18H21NS/c1-14-6-8-16(9-7-14)20-18-5-3-2-4-17(18)15-10-12-19-13-11-15/h2-9,15,19H,10-13H2,1H3. The third-order valence-electron chi connectivity index (χ3n) is 3.95. The number of rotatable bonds is 3. The van der Waals surface area contributed by atoms with Gasteiger partial charge < -0.3 is 5.32 Å². The van der Waals surface area contributed by atoms with Gasteiger partial charge in [0.1, 0.15) is 0 Å². The van der Waals surface area contributed by atoms with E-state index >= 15 is 0 Å². The highest BCUT2D eigenvalue weighted by Crippen LogP contribution is 2.36. The zero-order chi connectivity index (χ0) is 13.8. The van der Waals surface area contributed by atoms with Gasteiger partial charge in [-0.05, 0) is 62.5 Å². The first-order valence-corrected chi connectivity index (χ1v) is 8.19. The van der Waals surface area contributed by atoms with Gasteiger partial charge in [-0.1, -0.05) is 47.7 Å². The fourth-order valence-electron chi connectivity index (χ4n) is 2.78. The van der Waals surface area contributed by atoms with E-state index in [1.165, 1.54) is 33.8 Å². The van der Waals surface area contributed by atoms with Gasteiger partial charge in [-0.2, -0.15) is 0 Å². The monoisotopic (exact) mass is 283 g/mol. The summed E-state index contributed by atoms with van der Waals surface area (Å²) in [5, 5.41) is 3.45. The molecule has 1 nitrogen and oxygen atoms in total. The molecule has 0 spiro atoms. The van der Waals surface area contributed by atoms with Gasteiger partial charge in [0.15, 0.2) is 0 Å². The highest BCUT2D eigenvalue weighted by atomic mass is 32.2. The summed E-state index contributed by atoms with van der Waals surface area (Å²) in [5.41, 5.74) is 2.85. The predicted molar refractivity (Wildman–Crippen MR) is 86.6 cm³/mol. The van der Waals surface area contributed by atoms with Crippen LogP contribution in [0.15, 0.2) is 58.3 Å². The van der Waals surface area contributed by atoms with Crippen molar-refractivity contribution in [2.45, 2.75) is 35.5 Å². The smallest absolute Gasteiger partial charge is 0.0157 e. The van der Waals surface area contributed by atoms with Gasteiger partial charge in [-0.3, -0.25) is 0 Å². The maximum Gasteiger partial charge on any atom is 0.0157 e. The molecule has 0 bridgehead atoms. The molecule has 2 aromatic rings. The molecule has 104 valence electrons. The highest BCUT2D eigenvalue weighted by molar-refractivity contribution is 7.99. The summed E-state index contributed by atoms with van der Waals surface area (Å²) in [6, 6.07) is 17.7. The third kappa shape index (κ3) is 3.25. The normalized spacial score (nSPS) is 16.2. The Morgan fingerprint density at radius 2 is 1.65 bits per heavy atom. The van der Waals surface area contributed by atoms with Crippen molar-refractivity contribution < 1.29 is 0 Å². The minimum atomic E-state index is 0.713. The molecular formula is C18H21NS.